The maximum Gasteiger partial charge on any atom is 0.134 e. The van der Waals surface area contributed by atoms with E-state index < -0.39 is 0 Å². The Kier molecular flexibility index (Phi) is 5.11. The highest BCUT2D eigenvalue weighted by atomic mass is 16.3. The van der Waals surface area contributed by atoms with Crippen molar-refractivity contribution in [1.82, 2.24) is 5.32 Å². The second kappa shape index (κ2) is 7.44. The lowest BCUT2D eigenvalue weighted by Gasteiger charge is -2.22. The molecule has 1 aromatic heterocycles. The Balaban J connectivity index is 1.78. The average Bonchev–Trinajstić information content (AvgIpc) is 3.03. The molecule has 120 valence electrons. The minimum atomic E-state index is 0.103. The van der Waals surface area contributed by atoms with Gasteiger partial charge in [0.15, 0.2) is 0 Å². The van der Waals surface area contributed by atoms with Crippen molar-refractivity contribution in [3.05, 3.63) is 72.0 Å². The molecule has 0 fully saturated rings. The summed E-state index contributed by atoms with van der Waals surface area (Å²) in [6.07, 6.45) is 1.67. The van der Waals surface area contributed by atoms with Crippen molar-refractivity contribution in [2.24, 2.45) is 0 Å². The van der Waals surface area contributed by atoms with Gasteiger partial charge >= 0.3 is 0 Å². The summed E-state index contributed by atoms with van der Waals surface area (Å²) in [6.45, 7) is 2.33. The summed E-state index contributed by atoms with van der Waals surface area (Å²) >= 11 is 0. The van der Waals surface area contributed by atoms with Gasteiger partial charge in [-0.25, -0.2) is 0 Å². The number of para-hydroxylation sites is 1. The highest BCUT2D eigenvalue weighted by Crippen LogP contribution is 2.27. The number of fused-ring (bicyclic) bond motifs is 1. The van der Waals surface area contributed by atoms with Gasteiger partial charge in [-0.1, -0.05) is 48.5 Å². The summed E-state index contributed by atoms with van der Waals surface area (Å²) in [5.74, 6) is 0.941. The molecular weight excluding hydrogens is 286 g/mol. The van der Waals surface area contributed by atoms with E-state index in [0.717, 1.165) is 29.6 Å². The van der Waals surface area contributed by atoms with E-state index in [1.165, 1.54) is 5.56 Å². The van der Waals surface area contributed by atoms with Crippen LogP contribution in [0.25, 0.3) is 11.0 Å². The number of aliphatic hydroxyl groups excluding tert-OH is 1. The summed E-state index contributed by atoms with van der Waals surface area (Å²) in [5, 5.41) is 13.9. The molecule has 3 aromatic rings. The molecule has 0 bridgehead atoms. The summed E-state index contributed by atoms with van der Waals surface area (Å²) < 4.78 is 5.96. The first-order valence-electron chi connectivity index (χ1n) is 8.18. The molecule has 0 amide bonds. The minimum absolute atomic E-state index is 0.103. The molecule has 2 atom stereocenters. The molecule has 1 heterocycles. The zero-order valence-corrected chi connectivity index (χ0v) is 13.4. The molecule has 0 spiro atoms. The van der Waals surface area contributed by atoms with Crippen molar-refractivity contribution in [2.75, 3.05) is 6.61 Å². The fourth-order valence-electron chi connectivity index (χ4n) is 2.93. The standard InChI is InChI=1S/C20H23NO2/c1-15(20-14-17-10-5-6-12-19(17)23-20)21-18(11-7-13-22)16-8-3-2-4-9-16/h2-6,8-10,12,14-15,18,21-22H,7,11,13H2,1H3. The number of rotatable bonds is 7. The van der Waals surface area contributed by atoms with E-state index in [1.54, 1.807) is 0 Å². The van der Waals surface area contributed by atoms with Crippen LogP contribution in [0.4, 0.5) is 0 Å². The Morgan fingerprint density at radius 3 is 2.52 bits per heavy atom. The largest absolute Gasteiger partial charge is 0.459 e. The minimum Gasteiger partial charge on any atom is -0.459 e. The number of aliphatic hydroxyl groups is 1. The van der Waals surface area contributed by atoms with Gasteiger partial charge in [0.1, 0.15) is 11.3 Å². The molecule has 0 aliphatic rings. The van der Waals surface area contributed by atoms with Crippen LogP contribution < -0.4 is 5.32 Å². The lowest BCUT2D eigenvalue weighted by molar-refractivity contribution is 0.270. The number of hydrogen-bond acceptors (Lipinski definition) is 3. The maximum absolute atomic E-state index is 9.16. The molecule has 0 saturated heterocycles. The van der Waals surface area contributed by atoms with Crippen molar-refractivity contribution in [3.8, 4) is 0 Å². The van der Waals surface area contributed by atoms with Crippen LogP contribution in [0.2, 0.25) is 0 Å². The number of nitrogens with one attached hydrogen (secondary N) is 1. The van der Waals surface area contributed by atoms with Crippen molar-refractivity contribution in [3.63, 3.8) is 0 Å². The summed E-state index contributed by atoms with van der Waals surface area (Å²) in [6, 6.07) is 20.8. The summed E-state index contributed by atoms with van der Waals surface area (Å²) in [4.78, 5) is 0. The van der Waals surface area contributed by atoms with Crippen LogP contribution in [0.1, 0.15) is 43.2 Å². The maximum atomic E-state index is 9.16. The third kappa shape index (κ3) is 3.81. The van der Waals surface area contributed by atoms with Crippen LogP contribution >= 0.6 is 0 Å². The predicted molar refractivity (Wildman–Crippen MR) is 93.3 cm³/mol. The van der Waals surface area contributed by atoms with Crippen LogP contribution in [-0.4, -0.2) is 11.7 Å². The molecule has 2 unspecified atom stereocenters. The fraction of sp³-hybridized carbons (Fsp3) is 0.300. The monoisotopic (exact) mass is 309 g/mol. The van der Waals surface area contributed by atoms with Gasteiger partial charge in [-0.2, -0.15) is 0 Å². The van der Waals surface area contributed by atoms with Crippen LogP contribution in [-0.2, 0) is 0 Å². The van der Waals surface area contributed by atoms with Gasteiger partial charge in [-0.05, 0) is 37.5 Å². The first-order chi connectivity index (χ1) is 11.3. The van der Waals surface area contributed by atoms with Crippen molar-refractivity contribution in [1.29, 1.82) is 0 Å². The normalized spacial score (nSPS) is 14.0. The first kappa shape index (κ1) is 15.8. The summed E-state index contributed by atoms with van der Waals surface area (Å²) in [5.41, 5.74) is 2.16. The molecule has 3 rings (SSSR count). The number of furan rings is 1. The van der Waals surface area contributed by atoms with Crippen LogP contribution in [0.15, 0.2) is 65.1 Å². The Morgan fingerprint density at radius 2 is 1.78 bits per heavy atom. The van der Waals surface area contributed by atoms with Crippen molar-refractivity contribution in [2.45, 2.75) is 31.8 Å². The van der Waals surface area contributed by atoms with Gasteiger partial charge in [-0.3, -0.25) is 0 Å². The van der Waals surface area contributed by atoms with Gasteiger partial charge in [0.25, 0.3) is 0 Å². The number of hydrogen-bond donors (Lipinski definition) is 2. The lowest BCUT2D eigenvalue weighted by atomic mass is 10.0. The zero-order chi connectivity index (χ0) is 16.1. The second-order valence-electron chi connectivity index (χ2n) is 5.90. The third-order valence-electron chi connectivity index (χ3n) is 4.18. The highest BCUT2D eigenvalue weighted by molar-refractivity contribution is 5.77. The molecular formula is C20H23NO2. The smallest absolute Gasteiger partial charge is 0.134 e. The second-order valence-corrected chi connectivity index (χ2v) is 5.90. The van der Waals surface area contributed by atoms with Crippen molar-refractivity contribution < 1.29 is 9.52 Å². The molecule has 3 heteroatoms. The quantitative estimate of drug-likeness (QED) is 0.670. The fourth-order valence-corrected chi connectivity index (χ4v) is 2.93. The highest BCUT2D eigenvalue weighted by Gasteiger charge is 2.17. The lowest BCUT2D eigenvalue weighted by Crippen LogP contribution is -2.24. The average molecular weight is 309 g/mol. The number of benzene rings is 2. The van der Waals surface area contributed by atoms with E-state index in [9.17, 15) is 0 Å². The van der Waals surface area contributed by atoms with E-state index in [-0.39, 0.29) is 18.7 Å². The molecule has 2 N–H and O–H groups in total. The van der Waals surface area contributed by atoms with Crippen molar-refractivity contribution >= 4 is 11.0 Å². The Bertz CT molecular complexity index is 702. The SMILES string of the molecule is CC(NC(CCCO)c1ccccc1)c1cc2ccccc2o1. The molecule has 2 aromatic carbocycles. The van der Waals surface area contributed by atoms with Crippen LogP contribution in [0.5, 0.6) is 0 Å². The van der Waals surface area contributed by atoms with Gasteiger partial charge < -0.3 is 14.8 Å². The van der Waals surface area contributed by atoms with E-state index in [1.807, 2.05) is 24.3 Å². The van der Waals surface area contributed by atoms with E-state index in [0.29, 0.717) is 0 Å². The van der Waals surface area contributed by atoms with E-state index in [2.05, 4.69) is 48.6 Å². The molecule has 0 aliphatic carbocycles. The predicted octanol–water partition coefficient (Wildman–Crippen LogP) is 4.60. The van der Waals surface area contributed by atoms with Gasteiger partial charge in [-0.15, -0.1) is 0 Å². The first-order valence-corrected chi connectivity index (χ1v) is 8.18. The van der Waals surface area contributed by atoms with Crippen LogP contribution in [0.3, 0.4) is 0 Å². The van der Waals surface area contributed by atoms with Gasteiger partial charge in [0, 0.05) is 18.0 Å². The zero-order valence-electron chi connectivity index (χ0n) is 13.4. The molecule has 0 saturated carbocycles. The third-order valence-corrected chi connectivity index (χ3v) is 4.18. The van der Waals surface area contributed by atoms with E-state index >= 15 is 0 Å². The van der Waals surface area contributed by atoms with Gasteiger partial charge in [0.05, 0.1) is 6.04 Å². The Hall–Kier alpha value is -2.10. The van der Waals surface area contributed by atoms with E-state index in [4.69, 9.17) is 9.52 Å². The summed E-state index contributed by atoms with van der Waals surface area (Å²) in [7, 11) is 0. The molecule has 0 aliphatic heterocycles. The Morgan fingerprint density at radius 1 is 1.04 bits per heavy atom. The van der Waals surface area contributed by atoms with Crippen LogP contribution in [0, 0.1) is 0 Å². The molecule has 3 nitrogen and oxygen atoms in total. The van der Waals surface area contributed by atoms with Gasteiger partial charge in [0.2, 0.25) is 0 Å². The molecule has 0 radical (unpaired) electrons. The topological polar surface area (TPSA) is 45.4 Å². The Labute approximate surface area is 136 Å². The molecule has 23 heavy (non-hydrogen) atoms.